The smallest absolute Gasteiger partial charge is 0.236 e. The minimum atomic E-state index is -3.50. The molecule has 0 saturated heterocycles. The van der Waals surface area contributed by atoms with E-state index >= 15 is 0 Å². The molecule has 0 radical (unpaired) electrons. The van der Waals surface area contributed by atoms with Gasteiger partial charge in [0.25, 0.3) is 0 Å². The van der Waals surface area contributed by atoms with Gasteiger partial charge in [-0.25, -0.2) is 21.8 Å². The zero-order valence-corrected chi connectivity index (χ0v) is 12.9. The maximum absolute atomic E-state index is 13.7. The molecule has 0 bridgehead atoms. The second-order valence-electron chi connectivity index (χ2n) is 4.58. The number of rotatable bonds is 3. The monoisotopic (exact) mass is 340 g/mol. The molecular formula is C13H10ClFN4O2S. The van der Waals surface area contributed by atoms with Crippen LogP contribution in [0.25, 0.3) is 10.9 Å². The molecule has 0 aliphatic rings. The van der Waals surface area contributed by atoms with Crippen LogP contribution in [-0.2, 0) is 10.0 Å². The van der Waals surface area contributed by atoms with E-state index in [0.717, 1.165) is 16.4 Å². The first-order valence-electron chi connectivity index (χ1n) is 6.12. The van der Waals surface area contributed by atoms with Gasteiger partial charge in [0.2, 0.25) is 15.3 Å². The van der Waals surface area contributed by atoms with E-state index in [9.17, 15) is 12.8 Å². The van der Waals surface area contributed by atoms with Gasteiger partial charge in [0, 0.05) is 11.6 Å². The average Bonchev–Trinajstić information content (AvgIpc) is 2.88. The molecule has 22 heavy (non-hydrogen) atoms. The Hall–Kier alpha value is -2.19. The van der Waals surface area contributed by atoms with Crippen molar-refractivity contribution in [3.05, 3.63) is 47.8 Å². The second-order valence-corrected chi connectivity index (χ2v) is 6.78. The molecule has 0 aliphatic carbocycles. The van der Waals surface area contributed by atoms with E-state index in [0.29, 0.717) is 16.6 Å². The van der Waals surface area contributed by atoms with Crippen molar-refractivity contribution in [3.8, 4) is 0 Å². The minimum Gasteiger partial charge on any atom is -0.336 e. The Labute approximate surface area is 130 Å². The summed E-state index contributed by atoms with van der Waals surface area (Å²) < 4.78 is 38.6. The first-order valence-corrected chi connectivity index (χ1v) is 8.34. The number of anilines is 2. The van der Waals surface area contributed by atoms with Gasteiger partial charge in [-0.3, -0.25) is 0 Å². The molecule has 0 amide bonds. The zero-order chi connectivity index (χ0) is 15.9. The van der Waals surface area contributed by atoms with E-state index in [1.807, 2.05) is 0 Å². The number of hydrogen-bond donors (Lipinski definition) is 1. The number of benzene rings is 1. The normalized spacial score (nSPS) is 11.8. The highest BCUT2D eigenvalue weighted by atomic mass is 35.5. The molecule has 0 atom stereocenters. The number of aromatic nitrogens is 3. The topological polar surface area (TPSA) is 76.9 Å². The summed E-state index contributed by atoms with van der Waals surface area (Å²) in [6, 6.07) is 6.76. The van der Waals surface area contributed by atoms with E-state index in [-0.39, 0.29) is 11.1 Å². The maximum atomic E-state index is 13.7. The van der Waals surface area contributed by atoms with Gasteiger partial charge in [-0.15, -0.1) is 0 Å². The van der Waals surface area contributed by atoms with Gasteiger partial charge in [-0.2, -0.15) is 4.98 Å². The third kappa shape index (κ3) is 2.62. The van der Waals surface area contributed by atoms with Gasteiger partial charge in [0.05, 0.1) is 23.7 Å². The Morgan fingerprint density at radius 3 is 2.82 bits per heavy atom. The Bertz CT molecular complexity index is 971. The molecule has 3 rings (SSSR count). The van der Waals surface area contributed by atoms with Gasteiger partial charge in [0.1, 0.15) is 0 Å². The van der Waals surface area contributed by atoms with Crippen LogP contribution in [0.15, 0.2) is 36.7 Å². The van der Waals surface area contributed by atoms with E-state index in [2.05, 4.69) is 15.3 Å². The molecule has 3 aromatic rings. The lowest BCUT2D eigenvalue weighted by molar-refractivity contribution is 0.595. The lowest BCUT2D eigenvalue weighted by Crippen LogP contribution is -2.09. The fraction of sp³-hybridized carbons (Fsp3) is 0.0769. The Morgan fingerprint density at radius 1 is 1.32 bits per heavy atom. The number of hydrogen-bond acceptors (Lipinski definition) is 5. The van der Waals surface area contributed by atoms with Crippen molar-refractivity contribution in [1.82, 2.24) is 13.9 Å². The van der Waals surface area contributed by atoms with Crippen molar-refractivity contribution in [3.63, 3.8) is 0 Å². The fourth-order valence-corrected chi connectivity index (χ4v) is 3.05. The van der Waals surface area contributed by atoms with Crippen LogP contribution < -0.4 is 5.32 Å². The Balaban J connectivity index is 2.19. The predicted molar refractivity (Wildman–Crippen MR) is 82.5 cm³/mol. The molecular weight excluding hydrogens is 331 g/mol. The fourth-order valence-electron chi connectivity index (χ4n) is 2.10. The minimum absolute atomic E-state index is 0.116. The molecule has 0 unspecified atom stereocenters. The van der Waals surface area contributed by atoms with Gasteiger partial charge in [-0.1, -0.05) is 12.1 Å². The molecule has 0 fully saturated rings. The molecule has 114 valence electrons. The largest absolute Gasteiger partial charge is 0.336 e. The predicted octanol–water partition coefficient (Wildman–Crippen LogP) is 2.78. The van der Waals surface area contributed by atoms with Gasteiger partial charge < -0.3 is 5.32 Å². The van der Waals surface area contributed by atoms with Crippen LogP contribution in [0.3, 0.4) is 0 Å². The second kappa shape index (κ2) is 5.22. The maximum Gasteiger partial charge on any atom is 0.236 e. The third-order valence-electron chi connectivity index (χ3n) is 3.00. The van der Waals surface area contributed by atoms with E-state index in [1.54, 1.807) is 24.3 Å². The zero-order valence-electron chi connectivity index (χ0n) is 11.3. The van der Waals surface area contributed by atoms with E-state index in [1.165, 1.54) is 6.20 Å². The van der Waals surface area contributed by atoms with Crippen LogP contribution in [0.5, 0.6) is 0 Å². The van der Waals surface area contributed by atoms with Crippen molar-refractivity contribution in [2.45, 2.75) is 0 Å². The Morgan fingerprint density at radius 2 is 2.09 bits per heavy atom. The quantitative estimate of drug-likeness (QED) is 0.742. The molecule has 1 aromatic carbocycles. The Kier molecular flexibility index (Phi) is 3.50. The number of nitrogens with one attached hydrogen (secondary N) is 1. The SMILES string of the molecule is CS(=O)(=O)n1ccc2cccc(Nc3nc(Cl)ncc3F)c21. The summed E-state index contributed by atoms with van der Waals surface area (Å²) in [6.45, 7) is 0. The molecule has 6 nitrogen and oxygen atoms in total. The highest BCUT2D eigenvalue weighted by Gasteiger charge is 2.15. The number of nitrogens with zero attached hydrogens (tertiary/aromatic N) is 3. The summed E-state index contributed by atoms with van der Waals surface area (Å²) in [5.41, 5.74) is 0.792. The summed E-state index contributed by atoms with van der Waals surface area (Å²) in [5.74, 6) is -0.826. The highest BCUT2D eigenvalue weighted by Crippen LogP contribution is 2.28. The first kappa shape index (κ1) is 14.7. The van der Waals surface area contributed by atoms with Crippen LogP contribution in [0, 0.1) is 5.82 Å². The molecule has 2 aromatic heterocycles. The molecule has 2 heterocycles. The van der Waals surface area contributed by atoms with Crippen LogP contribution in [0.2, 0.25) is 5.28 Å². The van der Waals surface area contributed by atoms with Crippen molar-refractivity contribution in [2.24, 2.45) is 0 Å². The van der Waals surface area contributed by atoms with E-state index < -0.39 is 15.8 Å². The summed E-state index contributed by atoms with van der Waals surface area (Å²) in [5, 5.41) is 3.33. The first-order chi connectivity index (χ1) is 10.4. The van der Waals surface area contributed by atoms with Crippen molar-refractivity contribution in [2.75, 3.05) is 11.6 Å². The molecule has 0 aliphatic heterocycles. The number of halogens is 2. The number of para-hydroxylation sites is 1. The molecule has 0 spiro atoms. The molecule has 0 saturated carbocycles. The van der Waals surface area contributed by atoms with Crippen LogP contribution in [0.1, 0.15) is 0 Å². The summed E-state index contributed by atoms with van der Waals surface area (Å²) in [7, 11) is -3.50. The van der Waals surface area contributed by atoms with E-state index in [4.69, 9.17) is 11.6 Å². The lowest BCUT2D eigenvalue weighted by atomic mass is 10.2. The average molecular weight is 341 g/mol. The van der Waals surface area contributed by atoms with Crippen molar-refractivity contribution >= 4 is 44.0 Å². The molecule has 1 N–H and O–H groups in total. The number of fused-ring (bicyclic) bond motifs is 1. The van der Waals surface area contributed by atoms with Gasteiger partial charge in [-0.05, 0) is 23.7 Å². The van der Waals surface area contributed by atoms with Gasteiger partial charge >= 0.3 is 0 Å². The standard InChI is InChI=1S/C13H10ClFN4O2S/c1-22(20,21)19-6-5-8-3-2-4-10(11(8)19)17-12-9(15)7-16-13(14)18-12/h2-7H,1H3,(H,16,17,18). The van der Waals surface area contributed by atoms with Gasteiger partial charge in [0.15, 0.2) is 11.6 Å². The third-order valence-corrected chi connectivity index (χ3v) is 4.20. The lowest BCUT2D eigenvalue weighted by Gasteiger charge is -2.10. The summed E-state index contributed by atoms with van der Waals surface area (Å²) in [6.07, 6.45) is 3.47. The summed E-state index contributed by atoms with van der Waals surface area (Å²) >= 11 is 5.65. The van der Waals surface area contributed by atoms with Crippen molar-refractivity contribution < 1.29 is 12.8 Å². The molecule has 9 heteroatoms. The summed E-state index contributed by atoms with van der Waals surface area (Å²) in [4.78, 5) is 7.29. The highest BCUT2D eigenvalue weighted by molar-refractivity contribution is 7.89. The van der Waals surface area contributed by atoms with Crippen LogP contribution >= 0.6 is 11.6 Å². The van der Waals surface area contributed by atoms with Crippen LogP contribution in [-0.4, -0.2) is 28.6 Å². The van der Waals surface area contributed by atoms with Crippen LogP contribution in [0.4, 0.5) is 15.9 Å². The van der Waals surface area contributed by atoms with Crippen molar-refractivity contribution in [1.29, 1.82) is 0 Å².